The Morgan fingerprint density at radius 1 is 1.02 bits per heavy atom. The molecule has 15 heteroatoms. The molecule has 0 saturated carbocycles. The van der Waals surface area contributed by atoms with Crippen molar-refractivity contribution in [1.29, 1.82) is 0 Å². The second-order valence-electron chi connectivity index (χ2n) is 11.3. The van der Waals surface area contributed by atoms with Crippen LogP contribution in [0.5, 0.6) is 5.75 Å². The molecule has 0 spiro atoms. The van der Waals surface area contributed by atoms with Crippen molar-refractivity contribution in [1.82, 2.24) is 14.2 Å². The number of amides is 2. The van der Waals surface area contributed by atoms with E-state index in [4.69, 9.17) is 0 Å². The van der Waals surface area contributed by atoms with Crippen molar-refractivity contribution in [3.05, 3.63) is 35.5 Å². The van der Waals surface area contributed by atoms with Crippen LogP contribution in [-0.2, 0) is 19.6 Å². The van der Waals surface area contributed by atoms with Gasteiger partial charge in [0, 0.05) is 36.4 Å². The Labute approximate surface area is 241 Å². The normalized spacial score (nSPS) is 17.6. The van der Waals surface area contributed by atoms with Crippen LogP contribution < -0.4 is 15.4 Å². The monoisotopic (exact) mass is 602 g/mol. The maximum Gasteiger partial charge on any atom is 0.240 e. The van der Waals surface area contributed by atoms with Gasteiger partial charge >= 0.3 is 0 Å². The number of hydrogen-bond donors (Lipinski definition) is 4. The second-order valence-corrected chi connectivity index (χ2v) is 13.7. The number of hydroxylamine groups is 2. The Kier molecular flexibility index (Phi) is 8.21. The van der Waals surface area contributed by atoms with Crippen molar-refractivity contribution >= 4 is 66.3 Å². The number of sulfonamides is 1. The Balaban J connectivity index is 1.64. The number of nitrogens with one attached hydrogen (secondary N) is 3. The van der Waals surface area contributed by atoms with Gasteiger partial charge in [-0.05, 0) is 82.4 Å². The summed E-state index contributed by atoms with van der Waals surface area (Å²) < 4.78 is 33.8. The lowest BCUT2D eigenvalue weighted by molar-refractivity contribution is -0.115. The van der Waals surface area contributed by atoms with Crippen molar-refractivity contribution in [2.24, 2.45) is 10.2 Å². The molecule has 1 aliphatic rings. The van der Waals surface area contributed by atoms with Gasteiger partial charge < -0.3 is 26.0 Å². The molecule has 2 heterocycles. The van der Waals surface area contributed by atoms with E-state index in [2.05, 4.69) is 30.0 Å². The first-order valence-electron chi connectivity index (χ1n) is 12.7. The molecule has 220 valence electrons. The minimum atomic E-state index is -3.94. The number of carbonyl (C=O) groups is 2. The highest BCUT2D eigenvalue weighted by Gasteiger charge is 2.41. The largest absolute Gasteiger partial charge is 0.784 e. The molecule has 1 saturated heterocycles. The third-order valence-corrected chi connectivity index (χ3v) is 8.91. The Bertz CT molecular complexity index is 1590. The van der Waals surface area contributed by atoms with Gasteiger partial charge in [0.2, 0.25) is 21.8 Å². The lowest BCUT2D eigenvalue weighted by Crippen LogP contribution is -2.61. The molecule has 4 N–H and O–H groups in total. The molecular weight excluding hydrogens is 570 g/mol. The van der Waals surface area contributed by atoms with E-state index in [0.29, 0.717) is 28.7 Å². The summed E-state index contributed by atoms with van der Waals surface area (Å²) in [6.45, 7) is 9.74. The molecule has 0 bridgehead atoms. The first kappa shape index (κ1) is 30.5. The van der Waals surface area contributed by atoms with Gasteiger partial charge in [-0.25, -0.2) is 13.1 Å². The van der Waals surface area contributed by atoms with E-state index >= 15 is 0 Å². The van der Waals surface area contributed by atoms with Gasteiger partial charge in [-0.1, -0.05) is 0 Å². The van der Waals surface area contributed by atoms with Crippen LogP contribution in [0.1, 0.15) is 54.4 Å². The number of anilines is 2. The van der Waals surface area contributed by atoms with E-state index in [0.717, 1.165) is 16.6 Å². The van der Waals surface area contributed by atoms with Gasteiger partial charge in [0.15, 0.2) is 10.8 Å². The molecule has 1 fully saturated rings. The van der Waals surface area contributed by atoms with E-state index in [-0.39, 0.29) is 27.7 Å². The van der Waals surface area contributed by atoms with Gasteiger partial charge in [0.25, 0.3) is 0 Å². The average Bonchev–Trinajstić information content (AvgIpc) is 3.25. The molecule has 1 aromatic heterocycles. The van der Waals surface area contributed by atoms with Gasteiger partial charge in [0.05, 0.1) is 27.5 Å². The third kappa shape index (κ3) is 6.70. The fourth-order valence-corrected chi connectivity index (χ4v) is 7.08. The smallest absolute Gasteiger partial charge is 0.240 e. The Morgan fingerprint density at radius 2 is 1.59 bits per heavy atom. The van der Waals surface area contributed by atoms with E-state index < -0.39 is 39.0 Å². The molecule has 2 amide bonds. The summed E-state index contributed by atoms with van der Waals surface area (Å²) in [4.78, 5) is 23.2. The zero-order valence-corrected chi connectivity index (χ0v) is 25.1. The topological polar surface area (TPSA) is 189 Å². The number of rotatable bonds is 7. The number of piperidine rings is 1. The highest BCUT2D eigenvalue weighted by Crippen LogP contribution is 2.40. The Morgan fingerprint density at radius 3 is 2.12 bits per heavy atom. The van der Waals surface area contributed by atoms with Crippen LogP contribution >= 0.6 is 11.5 Å². The van der Waals surface area contributed by atoms with Crippen LogP contribution in [0.15, 0.2) is 45.5 Å². The highest BCUT2D eigenvalue weighted by molar-refractivity contribution is 7.89. The molecule has 13 nitrogen and oxygen atoms in total. The molecule has 41 heavy (non-hydrogen) atoms. The molecular formula is C26H32N7O6S2-. The minimum Gasteiger partial charge on any atom is -0.784 e. The summed E-state index contributed by atoms with van der Waals surface area (Å²) in [6.07, 6.45) is 0.711. The Hall–Kier alpha value is -3.50. The van der Waals surface area contributed by atoms with Gasteiger partial charge in [-0.2, -0.15) is 4.37 Å². The van der Waals surface area contributed by atoms with Crippen LogP contribution in [0.3, 0.4) is 0 Å². The first-order valence-corrected chi connectivity index (χ1v) is 15.0. The highest BCUT2D eigenvalue weighted by atomic mass is 32.2. The predicted molar refractivity (Wildman–Crippen MR) is 157 cm³/mol. The number of hydrogen-bond acceptors (Lipinski definition) is 11. The summed E-state index contributed by atoms with van der Waals surface area (Å²) in [5.74, 6) is -1.22. The van der Waals surface area contributed by atoms with Gasteiger partial charge in [-0.3, -0.25) is 9.59 Å². The molecule has 3 aromatic rings. The number of azo groups is 1. The summed E-state index contributed by atoms with van der Waals surface area (Å²) in [7, 11) is -3.94. The number of aromatic hydroxyl groups is 1. The van der Waals surface area contributed by atoms with Crippen molar-refractivity contribution in [2.45, 2.75) is 76.4 Å². The van der Waals surface area contributed by atoms with E-state index in [9.17, 15) is 28.3 Å². The summed E-state index contributed by atoms with van der Waals surface area (Å²) in [5.41, 5.74) is -0.693. The predicted octanol–water partition coefficient (Wildman–Crippen LogP) is 5.13. The quantitative estimate of drug-likeness (QED) is 0.211. The molecule has 2 aromatic carbocycles. The lowest BCUT2D eigenvalue weighted by Gasteiger charge is -2.59. The van der Waals surface area contributed by atoms with Crippen molar-refractivity contribution < 1.29 is 23.1 Å². The summed E-state index contributed by atoms with van der Waals surface area (Å²) >= 11 is 1.01. The summed E-state index contributed by atoms with van der Waals surface area (Å²) in [5, 5.41) is 38.3. The number of nitrogens with zero attached hydrogens (tertiary/aromatic N) is 4. The molecule has 0 unspecified atom stereocenters. The summed E-state index contributed by atoms with van der Waals surface area (Å²) in [6, 6.07) is 6.84. The van der Waals surface area contributed by atoms with E-state index in [1.807, 2.05) is 0 Å². The molecule has 4 rings (SSSR count). The number of benzene rings is 2. The molecule has 0 atom stereocenters. The number of fused-ring (bicyclic) bond motifs is 1. The molecule has 1 aliphatic heterocycles. The maximum absolute atomic E-state index is 13.4. The van der Waals surface area contributed by atoms with Crippen molar-refractivity contribution in [3.63, 3.8) is 0 Å². The SMILES string of the molecule is CC(=O)Nc1cc(N=Nc2snc3ccc(S(=O)(=O)NC4CC(C)(C)N([O-])C(C)(C)C4)cc23)cc(NC(C)=O)c1O. The fourth-order valence-electron chi connectivity index (χ4n) is 5.13. The minimum absolute atomic E-state index is 0.0207. The standard InChI is InChI=1S/C26H32N7O6S2/c1-14(34)27-21-9-16(10-22(23(21)36)28-15(2)35)29-30-24-19-11-18(7-8-20(19)31-40-24)41(38,39)32-17-12-25(3,4)33(37)26(5,6)13-17/h7-11,17,32,36H,12-13H2,1-6H3,(H,27,34)(H,28,35)/q-1. The second kappa shape index (κ2) is 11.1. The van der Waals surface area contributed by atoms with E-state index in [1.54, 1.807) is 33.8 Å². The van der Waals surface area contributed by atoms with Crippen LogP contribution in [0.2, 0.25) is 0 Å². The third-order valence-electron chi connectivity index (χ3n) is 6.62. The zero-order chi connectivity index (χ0) is 30.3. The van der Waals surface area contributed by atoms with Crippen molar-refractivity contribution in [3.8, 4) is 5.75 Å². The fraction of sp³-hybridized carbons (Fsp3) is 0.423. The first-order chi connectivity index (χ1) is 19.0. The lowest BCUT2D eigenvalue weighted by atomic mass is 9.79. The van der Waals surface area contributed by atoms with Crippen LogP contribution in [0, 0.1) is 5.21 Å². The van der Waals surface area contributed by atoms with E-state index in [1.165, 1.54) is 38.1 Å². The number of carbonyl (C=O) groups excluding carboxylic acids is 2. The van der Waals surface area contributed by atoms with Gasteiger partial charge in [0.1, 0.15) is 0 Å². The van der Waals surface area contributed by atoms with Crippen LogP contribution in [0.4, 0.5) is 22.1 Å². The number of phenols is 1. The number of aromatic nitrogens is 1. The molecule has 0 aliphatic carbocycles. The molecule has 0 radical (unpaired) electrons. The van der Waals surface area contributed by atoms with Crippen molar-refractivity contribution in [2.75, 3.05) is 10.6 Å². The zero-order valence-electron chi connectivity index (χ0n) is 23.5. The van der Waals surface area contributed by atoms with Gasteiger partial charge in [-0.15, -0.1) is 10.2 Å². The maximum atomic E-state index is 13.4. The average molecular weight is 603 g/mol. The number of phenolic OH excluding ortho intramolecular Hbond substituents is 1. The van der Waals surface area contributed by atoms with Crippen LogP contribution in [-0.4, -0.2) is 51.9 Å². The van der Waals surface area contributed by atoms with Crippen LogP contribution in [0.25, 0.3) is 10.9 Å².